The van der Waals surface area contributed by atoms with Gasteiger partial charge in [0.1, 0.15) is 12.4 Å². The fraction of sp³-hybridized carbons (Fsp3) is 0.385. The monoisotopic (exact) mass is 297 g/mol. The fourth-order valence-corrected chi connectivity index (χ4v) is 2.73. The van der Waals surface area contributed by atoms with Crippen molar-refractivity contribution in [2.45, 2.75) is 20.5 Å². The molecule has 2 aromatic rings. The van der Waals surface area contributed by atoms with Crippen molar-refractivity contribution in [3.63, 3.8) is 0 Å². The first-order chi connectivity index (χ1) is 9.24. The van der Waals surface area contributed by atoms with Gasteiger partial charge in [0.25, 0.3) is 0 Å². The van der Waals surface area contributed by atoms with Crippen molar-refractivity contribution in [1.29, 1.82) is 0 Å². The third-order valence-corrected chi connectivity index (χ3v) is 3.78. The Kier molecular flexibility index (Phi) is 5.13. The maximum Gasteiger partial charge on any atom is 0.157 e. The van der Waals surface area contributed by atoms with Crippen LogP contribution in [0.25, 0.3) is 10.6 Å². The summed E-state index contributed by atoms with van der Waals surface area (Å²) in [4.78, 5) is 9.88. The summed E-state index contributed by atoms with van der Waals surface area (Å²) in [6.45, 7) is 5.84. The van der Waals surface area contributed by atoms with E-state index in [1.165, 1.54) is 0 Å². The Bertz CT molecular complexity index is 544. The topological polar surface area (TPSA) is 47.0 Å². The van der Waals surface area contributed by atoms with Gasteiger partial charge in [0, 0.05) is 19.2 Å². The van der Waals surface area contributed by atoms with E-state index in [1.807, 2.05) is 31.4 Å². The van der Waals surface area contributed by atoms with Crippen molar-refractivity contribution in [2.75, 3.05) is 18.5 Å². The average Bonchev–Trinajstić information content (AvgIpc) is 2.83. The summed E-state index contributed by atoms with van der Waals surface area (Å²) in [6.07, 6.45) is 0. The van der Waals surface area contributed by atoms with Gasteiger partial charge in [-0.15, -0.1) is 11.3 Å². The van der Waals surface area contributed by atoms with Crippen molar-refractivity contribution >= 4 is 28.8 Å². The van der Waals surface area contributed by atoms with E-state index >= 15 is 0 Å². The van der Waals surface area contributed by atoms with E-state index in [-0.39, 0.29) is 0 Å². The molecule has 0 amide bonds. The average molecular weight is 298 g/mol. The van der Waals surface area contributed by atoms with Gasteiger partial charge in [-0.2, -0.15) is 0 Å². The van der Waals surface area contributed by atoms with Gasteiger partial charge in [0.2, 0.25) is 0 Å². The van der Waals surface area contributed by atoms with Gasteiger partial charge in [0.05, 0.1) is 15.6 Å². The quantitative estimate of drug-likeness (QED) is 0.880. The molecule has 2 aromatic heterocycles. The number of ether oxygens (including phenoxy) is 1. The summed E-state index contributed by atoms with van der Waals surface area (Å²) >= 11 is 7.73. The van der Waals surface area contributed by atoms with Crippen LogP contribution in [0.15, 0.2) is 17.5 Å². The Labute approximate surface area is 121 Å². The molecular formula is C13H16ClN3OS. The van der Waals surface area contributed by atoms with Gasteiger partial charge in [0.15, 0.2) is 5.82 Å². The fourth-order valence-electron chi connectivity index (χ4n) is 1.62. The highest BCUT2D eigenvalue weighted by molar-refractivity contribution is 7.14. The summed E-state index contributed by atoms with van der Waals surface area (Å²) in [5, 5.41) is 5.87. The molecule has 2 heterocycles. The highest BCUT2D eigenvalue weighted by Crippen LogP contribution is 2.32. The van der Waals surface area contributed by atoms with Crippen LogP contribution in [0, 0.1) is 0 Å². The number of hydrogen-bond acceptors (Lipinski definition) is 5. The molecule has 0 bridgehead atoms. The maximum absolute atomic E-state index is 6.16. The lowest BCUT2D eigenvalue weighted by molar-refractivity contribution is 0.128. The number of hydrogen-bond donors (Lipinski definition) is 1. The number of nitrogens with zero attached hydrogens (tertiary/aromatic N) is 2. The van der Waals surface area contributed by atoms with Crippen LogP contribution < -0.4 is 5.32 Å². The normalized spacial score (nSPS) is 10.7. The van der Waals surface area contributed by atoms with E-state index in [0.29, 0.717) is 24.1 Å². The molecule has 4 nitrogen and oxygen atoms in total. The third kappa shape index (κ3) is 3.65. The van der Waals surface area contributed by atoms with Gasteiger partial charge < -0.3 is 10.1 Å². The van der Waals surface area contributed by atoms with Gasteiger partial charge in [-0.3, -0.25) is 0 Å². The van der Waals surface area contributed by atoms with E-state index in [0.717, 1.165) is 22.9 Å². The summed E-state index contributed by atoms with van der Waals surface area (Å²) in [6, 6.07) is 3.79. The summed E-state index contributed by atoms with van der Waals surface area (Å²) < 4.78 is 5.37. The lowest BCUT2D eigenvalue weighted by Gasteiger charge is -2.08. The highest BCUT2D eigenvalue weighted by Gasteiger charge is 2.10. The second-order valence-electron chi connectivity index (χ2n) is 3.82. The molecule has 0 spiro atoms. The molecular weight excluding hydrogens is 282 g/mol. The molecule has 0 aliphatic heterocycles. The zero-order chi connectivity index (χ0) is 13.7. The minimum atomic E-state index is 0.408. The molecule has 1 N–H and O–H groups in total. The number of halogens is 1. The van der Waals surface area contributed by atoms with E-state index in [1.54, 1.807) is 11.3 Å². The molecule has 0 atom stereocenters. The summed E-state index contributed by atoms with van der Waals surface area (Å²) in [5.41, 5.74) is 0.834. The van der Waals surface area contributed by atoms with E-state index in [2.05, 4.69) is 15.3 Å². The van der Waals surface area contributed by atoms with Crippen LogP contribution in [0.4, 0.5) is 5.82 Å². The molecule has 0 saturated heterocycles. The van der Waals surface area contributed by atoms with Crippen molar-refractivity contribution in [1.82, 2.24) is 9.97 Å². The molecule has 6 heteroatoms. The van der Waals surface area contributed by atoms with Crippen molar-refractivity contribution in [3.8, 4) is 10.6 Å². The number of rotatable bonds is 6. The lowest BCUT2D eigenvalue weighted by atomic mass is 10.3. The molecule has 0 aliphatic carbocycles. The standard InChI is InChI=1S/C13H16ClN3OS/c1-3-15-11-7-10(13-9(14)5-6-19-13)16-12(17-11)8-18-4-2/h5-7H,3-4,8H2,1-2H3,(H,15,16,17). The number of thiophene rings is 1. The maximum atomic E-state index is 6.16. The van der Waals surface area contributed by atoms with Gasteiger partial charge in [-0.05, 0) is 25.3 Å². The van der Waals surface area contributed by atoms with Crippen molar-refractivity contribution in [3.05, 3.63) is 28.4 Å². The molecule has 0 aromatic carbocycles. The van der Waals surface area contributed by atoms with Crippen molar-refractivity contribution < 1.29 is 4.74 Å². The largest absolute Gasteiger partial charge is 0.374 e. The molecule has 0 unspecified atom stereocenters. The van der Waals surface area contributed by atoms with Crippen LogP contribution in [-0.4, -0.2) is 23.1 Å². The van der Waals surface area contributed by atoms with Crippen LogP contribution in [0.1, 0.15) is 19.7 Å². The highest BCUT2D eigenvalue weighted by atomic mass is 35.5. The smallest absolute Gasteiger partial charge is 0.157 e. The van der Waals surface area contributed by atoms with Crippen LogP contribution in [-0.2, 0) is 11.3 Å². The number of nitrogens with one attached hydrogen (secondary N) is 1. The van der Waals surface area contributed by atoms with Crippen LogP contribution >= 0.6 is 22.9 Å². The third-order valence-electron chi connectivity index (χ3n) is 2.42. The lowest BCUT2D eigenvalue weighted by Crippen LogP contribution is -2.06. The van der Waals surface area contributed by atoms with Crippen molar-refractivity contribution in [2.24, 2.45) is 0 Å². The van der Waals surface area contributed by atoms with Gasteiger partial charge >= 0.3 is 0 Å². The van der Waals surface area contributed by atoms with Gasteiger partial charge in [-0.25, -0.2) is 9.97 Å². The van der Waals surface area contributed by atoms with Crippen LogP contribution in [0.3, 0.4) is 0 Å². The second kappa shape index (κ2) is 6.84. The zero-order valence-corrected chi connectivity index (χ0v) is 12.5. The molecule has 102 valence electrons. The summed E-state index contributed by atoms with van der Waals surface area (Å²) in [7, 11) is 0. The number of aromatic nitrogens is 2. The molecule has 0 saturated carbocycles. The Morgan fingerprint density at radius 3 is 2.84 bits per heavy atom. The molecule has 2 rings (SSSR count). The summed E-state index contributed by atoms with van der Waals surface area (Å²) in [5.74, 6) is 1.46. The Morgan fingerprint density at radius 2 is 2.21 bits per heavy atom. The number of anilines is 1. The van der Waals surface area contributed by atoms with E-state index in [9.17, 15) is 0 Å². The van der Waals surface area contributed by atoms with E-state index < -0.39 is 0 Å². The molecule has 0 aliphatic rings. The molecule has 0 fully saturated rings. The first-order valence-electron chi connectivity index (χ1n) is 6.17. The predicted octanol–water partition coefficient (Wildman–Crippen LogP) is 3.83. The van der Waals surface area contributed by atoms with Crippen LogP contribution in [0.2, 0.25) is 5.02 Å². The SMILES string of the molecule is CCNc1cc(-c2sccc2Cl)nc(COCC)n1. The van der Waals surface area contributed by atoms with E-state index in [4.69, 9.17) is 16.3 Å². The second-order valence-corrected chi connectivity index (χ2v) is 5.14. The minimum Gasteiger partial charge on any atom is -0.374 e. The van der Waals surface area contributed by atoms with Gasteiger partial charge in [-0.1, -0.05) is 11.6 Å². The molecule has 0 radical (unpaired) electrons. The predicted molar refractivity (Wildman–Crippen MR) is 79.8 cm³/mol. The Balaban J connectivity index is 2.36. The van der Waals surface area contributed by atoms with Crippen LogP contribution in [0.5, 0.6) is 0 Å². The Hall–Kier alpha value is -1.17. The minimum absolute atomic E-state index is 0.408. The zero-order valence-electron chi connectivity index (χ0n) is 10.9. The Morgan fingerprint density at radius 1 is 1.37 bits per heavy atom. The first kappa shape index (κ1) is 14.2. The first-order valence-corrected chi connectivity index (χ1v) is 7.43. The molecule has 19 heavy (non-hydrogen) atoms.